The molecule has 66 valence electrons. The van der Waals surface area contributed by atoms with E-state index in [1.807, 2.05) is 13.8 Å². The molecule has 3 nitrogen and oxygen atoms in total. The summed E-state index contributed by atoms with van der Waals surface area (Å²) in [5.74, 6) is 0.0916. The molecule has 1 unspecified atom stereocenters. The van der Waals surface area contributed by atoms with Crippen LogP contribution in [-0.2, 0) is 10.1 Å². The van der Waals surface area contributed by atoms with Crippen molar-refractivity contribution in [3.63, 3.8) is 0 Å². The van der Waals surface area contributed by atoms with Crippen LogP contribution in [-0.4, -0.2) is 18.7 Å². The lowest BCUT2D eigenvalue weighted by atomic mass is 10.1. The van der Waals surface area contributed by atoms with Gasteiger partial charge < -0.3 is 0 Å². The van der Waals surface area contributed by atoms with Gasteiger partial charge in [0.2, 0.25) is 0 Å². The topological polar surface area (TPSA) is 54.4 Å². The second kappa shape index (κ2) is 4.51. The van der Waals surface area contributed by atoms with Gasteiger partial charge in [0.05, 0.1) is 5.75 Å². The molecule has 0 saturated heterocycles. The Labute approximate surface area is 67.9 Å². The number of hydrogen-bond acceptors (Lipinski definition) is 2. The van der Waals surface area contributed by atoms with Crippen LogP contribution < -0.4 is 0 Å². The van der Waals surface area contributed by atoms with Gasteiger partial charge in [0, 0.05) is 0 Å². The van der Waals surface area contributed by atoms with Crippen LogP contribution >= 0.6 is 0 Å². The summed E-state index contributed by atoms with van der Waals surface area (Å²) < 4.78 is 28.7. The van der Waals surface area contributed by atoms with E-state index in [2.05, 4.69) is 0 Å². The maximum absolute atomic E-state index is 10.2. The molecule has 0 aliphatic carbocycles. The van der Waals surface area contributed by atoms with Gasteiger partial charge in [-0.1, -0.05) is 32.4 Å². The minimum absolute atomic E-state index is 0.280. The molecular weight excluding hydrogens is 164 g/mol. The minimum Gasteiger partial charge on any atom is -0.285 e. The molecule has 0 heterocycles. The average Bonchev–Trinajstić information content (AvgIpc) is 1.85. The highest BCUT2D eigenvalue weighted by molar-refractivity contribution is 7.85. The first-order valence-corrected chi connectivity index (χ1v) is 5.18. The van der Waals surface area contributed by atoms with Gasteiger partial charge in [-0.15, -0.1) is 0 Å². The van der Waals surface area contributed by atoms with Crippen LogP contribution in [0.25, 0.3) is 0 Å². The van der Waals surface area contributed by atoms with Gasteiger partial charge in [-0.3, -0.25) is 4.55 Å². The zero-order valence-corrected chi connectivity index (χ0v) is 7.63. The molecule has 0 bridgehead atoms. The van der Waals surface area contributed by atoms with Gasteiger partial charge >= 0.3 is 0 Å². The quantitative estimate of drug-likeness (QED) is 0.524. The number of hydrogen-bond donors (Lipinski definition) is 1. The highest BCUT2D eigenvalue weighted by atomic mass is 32.2. The highest BCUT2D eigenvalue weighted by Gasteiger charge is 1.99. The molecule has 0 aromatic carbocycles. The average molecular weight is 178 g/mol. The largest absolute Gasteiger partial charge is 0.285 e. The Morgan fingerprint density at radius 2 is 2.09 bits per heavy atom. The summed E-state index contributed by atoms with van der Waals surface area (Å²) >= 11 is 0. The Morgan fingerprint density at radius 1 is 1.55 bits per heavy atom. The Morgan fingerprint density at radius 3 is 2.45 bits per heavy atom. The van der Waals surface area contributed by atoms with Crippen molar-refractivity contribution in [1.82, 2.24) is 0 Å². The molecular formula is C7H14O3S. The maximum atomic E-state index is 10.2. The molecule has 0 aromatic heterocycles. The molecule has 11 heavy (non-hydrogen) atoms. The van der Waals surface area contributed by atoms with E-state index in [9.17, 15) is 8.42 Å². The standard InChI is InChI=1S/C7H14O3S/c1-3-7(2)5-4-6-11(8,9)10/h4-5,7H,3,6H2,1-2H3,(H,8,9,10). The van der Waals surface area contributed by atoms with Crippen molar-refractivity contribution in [1.29, 1.82) is 0 Å². The molecule has 0 amide bonds. The summed E-state index contributed by atoms with van der Waals surface area (Å²) in [5, 5.41) is 0. The first-order chi connectivity index (χ1) is 4.95. The second-order valence-corrected chi connectivity index (χ2v) is 4.06. The first-order valence-electron chi connectivity index (χ1n) is 3.57. The van der Waals surface area contributed by atoms with Gasteiger partial charge in [-0.05, 0) is 5.92 Å². The predicted octanol–water partition coefficient (Wildman–Crippen LogP) is 1.48. The molecule has 0 aliphatic heterocycles. The summed E-state index contributed by atoms with van der Waals surface area (Å²) in [5.41, 5.74) is 0. The lowest BCUT2D eigenvalue weighted by molar-refractivity contribution is 0.486. The lowest BCUT2D eigenvalue weighted by Gasteiger charge is -1.97. The third kappa shape index (κ3) is 7.55. The van der Waals surface area contributed by atoms with Crippen molar-refractivity contribution in [2.24, 2.45) is 5.92 Å². The monoisotopic (exact) mass is 178 g/mol. The molecule has 0 spiro atoms. The second-order valence-electron chi connectivity index (χ2n) is 2.56. The lowest BCUT2D eigenvalue weighted by Crippen LogP contribution is -2.00. The fourth-order valence-electron chi connectivity index (χ4n) is 0.546. The Hall–Kier alpha value is -0.350. The van der Waals surface area contributed by atoms with Crippen molar-refractivity contribution in [3.05, 3.63) is 12.2 Å². The van der Waals surface area contributed by atoms with Gasteiger partial charge in [-0.25, -0.2) is 0 Å². The molecule has 1 N–H and O–H groups in total. The van der Waals surface area contributed by atoms with E-state index < -0.39 is 10.1 Å². The van der Waals surface area contributed by atoms with E-state index in [0.717, 1.165) is 6.42 Å². The summed E-state index contributed by atoms with van der Waals surface area (Å²) in [6.07, 6.45) is 4.24. The van der Waals surface area contributed by atoms with Crippen LogP contribution in [0.4, 0.5) is 0 Å². The van der Waals surface area contributed by atoms with E-state index in [-0.39, 0.29) is 5.75 Å². The van der Waals surface area contributed by atoms with E-state index in [0.29, 0.717) is 5.92 Å². The molecule has 0 aliphatic rings. The van der Waals surface area contributed by atoms with Crippen molar-refractivity contribution < 1.29 is 13.0 Å². The predicted molar refractivity (Wildman–Crippen MR) is 45.0 cm³/mol. The Balaban J connectivity index is 3.79. The third-order valence-electron chi connectivity index (χ3n) is 1.42. The fourth-order valence-corrected chi connectivity index (χ4v) is 0.900. The van der Waals surface area contributed by atoms with Gasteiger partial charge in [0.25, 0.3) is 10.1 Å². The van der Waals surface area contributed by atoms with E-state index >= 15 is 0 Å². The van der Waals surface area contributed by atoms with E-state index in [4.69, 9.17) is 4.55 Å². The van der Waals surface area contributed by atoms with Crippen LogP contribution in [0.1, 0.15) is 20.3 Å². The van der Waals surface area contributed by atoms with Crippen LogP contribution in [0, 0.1) is 5.92 Å². The van der Waals surface area contributed by atoms with E-state index in [1.165, 1.54) is 6.08 Å². The summed E-state index contributed by atoms with van der Waals surface area (Å²) in [6, 6.07) is 0. The van der Waals surface area contributed by atoms with Crippen LogP contribution in [0.15, 0.2) is 12.2 Å². The summed E-state index contributed by atoms with van der Waals surface area (Å²) in [4.78, 5) is 0. The Kier molecular flexibility index (Phi) is 4.37. The SMILES string of the molecule is CCC(C)C=CCS(=O)(=O)O. The van der Waals surface area contributed by atoms with Crippen LogP contribution in [0.5, 0.6) is 0 Å². The molecule has 0 fully saturated rings. The van der Waals surface area contributed by atoms with Gasteiger partial charge in [0.1, 0.15) is 0 Å². The minimum atomic E-state index is -3.81. The Bertz CT molecular complexity index is 216. The van der Waals surface area contributed by atoms with Crippen LogP contribution in [0.3, 0.4) is 0 Å². The van der Waals surface area contributed by atoms with Crippen LogP contribution in [0.2, 0.25) is 0 Å². The smallest absolute Gasteiger partial charge is 0.268 e. The third-order valence-corrected chi connectivity index (χ3v) is 2.03. The molecule has 1 atom stereocenters. The molecule has 0 aromatic rings. The van der Waals surface area contributed by atoms with Crippen molar-refractivity contribution >= 4 is 10.1 Å². The van der Waals surface area contributed by atoms with Crippen molar-refractivity contribution in [2.75, 3.05) is 5.75 Å². The number of rotatable bonds is 4. The normalized spacial score (nSPS) is 15.5. The zero-order valence-electron chi connectivity index (χ0n) is 6.82. The fraction of sp³-hybridized carbons (Fsp3) is 0.714. The van der Waals surface area contributed by atoms with E-state index in [1.54, 1.807) is 6.08 Å². The van der Waals surface area contributed by atoms with Gasteiger partial charge in [-0.2, -0.15) is 8.42 Å². The zero-order chi connectivity index (χ0) is 8.91. The summed E-state index contributed by atoms with van der Waals surface area (Å²) in [6.45, 7) is 4.00. The van der Waals surface area contributed by atoms with Crippen molar-refractivity contribution in [3.8, 4) is 0 Å². The van der Waals surface area contributed by atoms with Gasteiger partial charge in [0.15, 0.2) is 0 Å². The molecule has 0 rings (SSSR count). The highest BCUT2D eigenvalue weighted by Crippen LogP contribution is 2.01. The molecule has 0 saturated carbocycles. The molecule has 4 heteroatoms. The summed E-state index contributed by atoms with van der Waals surface area (Å²) in [7, 11) is -3.81. The van der Waals surface area contributed by atoms with Crippen molar-refractivity contribution in [2.45, 2.75) is 20.3 Å². The molecule has 0 radical (unpaired) electrons. The maximum Gasteiger partial charge on any atom is 0.268 e. The first kappa shape index (κ1) is 10.7. The number of allylic oxidation sites excluding steroid dienone is 1.